The van der Waals surface area contributed by atoms with E-state index in [-0.39, 0.29) is 17.6 Å². The van der Waals surface area contributed by atoms with E-state index in [1.807, 2.05) is 20.9 Å². The molecule has 0 saturated heterocycles. The van der Waals surface area contributed by atoms with Gasteiger partial charge in [-0.25, -0.2) is 4.79 Å². The Labute approximate surface area is 117 Å². The third-order valence-electron chi connectivity index (χ3n) is 3.21. The second-order valence-electron chi connectivity index (χ2n) is 6.40. The van der Waals surface area contributed by atoms with Crippen LogP contribution in [0.3, 0.4) is 0 Å². The SMILES string of the molecule is CC(O)CC(C)(C)CNC(=O)NCCN(C)C(C)C. The Bertz CT molecular complexity index is 265. The minimum atomic E-state index is -0.348. The van der Waals surface area contributed by atoms with E-state index in [1.54, 1.807) is 6.92 Å². The number of aliphatic hydroxyl groups excluding tert-OH is 1. The first-order chi connectivity index (χ1) is 8.64. The zero-order chi connectivity index (χ0) is 15.1. The Balaban J connectivity index is 3.81. The van der Waals surface area contributed by atoms with Crippen LogP contribution in [0.15, 0.2) is 0 Å². The van der Waals surface area contributed by atoms with Gasteiger partial charge in [-0.1, -0.05) is 13.8 Å². The summed E-state index contributed by atoms with van der Waals surface area (Å²) in [4.78, 5) is 13.8. The number of carbonyl (C=O) groups is 1. The van der Waals surface area contributed by atoms with E-state index in [9.17, 15) is 9.90 Å². The zero-order valence-corrected chi connectivity index (χ0v) is 13.3. The summed E-state index contributed by atoms with van der Waals surface area (Å²) in [5.74, 6) is 0. The number of urea groups is 1. The van der Waals surface area contributed by atoms with E-state index in [4.69, 9.17) is 0 Å². The summed E-state index contributed by atoms with van der Waals surface area (Å²) in [7, 11) is 2.04. The van der Waals surface area contributed by atoms with Gasteiger partial charge in [0.15, 0.2) is 0 Å². The van der Waals surface area contributed by atoms with Crippen LogP contribution >= 0.6 is 0 Å². The summed E-state index contributed by atoms with van der Waals surface area (Å²) >= 11 is 0. The van der Waals surface area contributed by atoms with Gasteiger partial charge >= 0.3 is 6.03 Å². The number of carbonyl (C=O) groups excluding carboxylic acids is 1. The predicted molar refractivity (Wildman–Crippen MR) is 79.2 cm³/mol. The average Bonchev–Trinajstić information content (AvgIpc) is 2.24. The molecule has 2 amide bonds. The summed E-state index contributed by atoms with van der Waals surface area (Å²) in [6, 6.07) is 0.339. The molecule has 19 heavy (non-hydrogen) atoms. The van der Waals surface area contributed by atoms with Crippen LogP contribution in [-0.2, 0) is 0 Å². The fraction of sp³-hybridized carbons (Fsp3) is 0.929. The number of aliphatic hydroxyl groups is 1. The molecule has 0 aliphatic rings. The van der Waals surface area contributed by atoms with Crippen molar-refractivity contribution >= 4 is 6.03 Å². The Morgan fingerprint density at radius 2 is 1.84 bits per heavy atom. The fourth-order valence-electron chi connectivity index (χ4n) is 1.86. The smallest absolute Gasteiger partial charge is 0.314 e. The molecule has 0 spiro atoms. The third-order valence-corrected chi connectivity index (χ3v) is 3.21. The number of nitrogens with zero attached hydrogens (tertiary/aromatic N) is 1. The molecule has 1 atom stereocenters. The molecule has 114 valence electrons. The molecule has 3 N–H and O–H groups in total. The van der Waals surface area contributed by atoms with Gasteiger partial charge < -0.3 is 20.6 Å². The van der Waals surface area contributed by atoms with Gasteiger partial charge in [0.25, 0.3) is 0 Å². The van der Waals surface area contributed by atoms with Crippen molar-refractivity contribution in [2.75, 3.05) is 26.7 Å². The molecule has 0 fully saturated rings. The minimum absolute atomic E-state index is 0.0970. The number of rotatable bonds is 8. The summed E-state index contributed by atoms with van der Waals surface area (Å²) in [6.07, 6.45) is 0.322. The lowest BCUT2D eigenvalue weighted by atomic mass is 9.87. The first-order valence-electron chi connectivity index (χ1n) is 7.04. The van der Waals surface area contributed by atoms with Crippen molar-refractivity contribution in [3.63, 3.8) is 0 Å². The molecule has 0 saturated carbocycles. The largest absolute Gasteiger partial charge is 0.393 e. The van der Waals surface area contributed by atoms with E-state index < -0.39 is 0 Å². The molecular weight excluding hydrogens is 242 g/mol. The second kappa shape index (κ2) is 8.38. The highest BCUT2D eigenvalue weighted by atomic mass is 16.3. The van der Waals surface area contributed by atoms with Gasteiger partial charge in [0, 0.05) is 25.7 Å². The molecule has 5 heteroatoms. The van der Waals surface area contributed by atoms with Crippen molar-refractivity contribution in [2.24, 2.45) is 5.41 Å². The molecule has 0 aliphatic heterocycles. The molecule has 0 aliphatic carbocycles. The molecule has 0 radical (unpaired) electrons. The van der Waals surface area contributed by atoms with Crippen molar-refractivity contribution < 1.29 is 9.90 Å². The summed E-state index contributed by atoms with van der Waals surface area (Å²) < 4.78 is 0. The van der Waals surface area contributed by atoms with Gasteiger partial charge in [0.05, 0.1) is 6.10 Å². The van der Waals surface area contributed by atoms with E-state index in [0.717, 1.165) is 6.54 Å². The maximum Gasteiger partial charge on any atom is 0.314 e. The first-order valence-corrected chi connectivity index (χ1v) is 7.04. The number of hydrogen-bond acceptors (Lipinski definition) is 3. The normalized spacial score (nSPS) is 13.7. The number of nitrogens with one attached hydrogen (secondary N) is 2. The van der Waals surface area contributed by atoms with Gasteiger partial charge in [-0.3, -0.25) is 0 Å². The number of hydrogen-bond donors (Lipinski definition) is 3. The Morgan fingerprint density at radius 1 is 1.26 bits per heavy atom. The van der Waals surface area contributed by atoms with Gasteiger partial charge in [-0.05, 0) is 39.7 Å². The van der Waals surface area contributed by atoms with Crippen LogP contribution in [0.25, 0.3) is 0 Å². The van der Waals surface area contributed by atoms with Crippen LogP contribution < -0.4 is 10.6 Å². The van der Waals surface area contributed by atoms with Gasteiger partial charge in [0.2, 0.25) is 0 Å². The van der Waals surface area contributed by atoms with E-state index in [0.29, 0.717) is 25.6 Å². The Morgan fingerprint density at radius 3 is 2.32 bits per heavy atom. The lowest BCUT2D eigenvalue weighted by Gasteiger charge is -2.26. The predicted octanol–water partition coefficient (Wildman–Crippen LogP) is 1.42. The van der Waals surface area contributed by atoms with Crippen LogP contribution in [0.2, 0.25) is 0 Å². The van der Waals surface area contributed by atoms with Crippen LogP contribution in [0.4, 0.5) is 4.79 Å². The number of likely N-dealkylation sites (N-methyl/N-ethyl adjacent to an activating group) is 1. The van der Waals surface area contributed by atoms with Gasteiger partial charge in [0.1, 0.15) is 0 Å². The van der Waals surface area contributed by atoms with E-state index in [2.05, 4.69) is 29.4 Å². The van der Waals surface area contributed by atoms with Crippen LogP contribution in [0.1, 0.15) is 41.0 Å². The summed E-state index contributed by atoms with van der Waals surface area (Å²) in [5, 5.41) is 15.1. The summed E-state index contributed by atoms with van der Waals surface area (Å²) in [5.41, 5.74) is -0.0970. The molecule has 0 aromatic heterocycles. The molecule has 0 rings (SSSR count). The van der Waals surface area contributed by atoms with Crippen molar-refractivity contribution in [2.45, 2.75) is 53.2 Å². The van der Waals surface area contributed by atoms with Crippen molar-refractivity contribution in [3.8, 4) is 0 Å². The first kappa shape index (κ1) is 18.2. The second-order valence-corrected chi connectivity index (χ2v) is 6.40. The quantitative estimate of drug-likeness (QED) is 0.627. The maximum absolute atomic E-state index is 11.6. The van der Waals surface area contributed by atoms with Crippen molar-refractivity contribution in [1.29, 1.82) is 0 Å². The molecular formula is C14H31N3O2. The maximum atomic E-state index is 11.6. The molecule has 0 aromatic rings. The van der Waals surface area contributed by atoms with E-state index in [1.165, 1.54) is 0 Å². The zero-order valence-electron chi connectivity index (χ0n) is 13.3. The Hall–Kier alpha value is -0.810. The number of amides is 2. The van der Waals surface area contributed by atoms with Crippen molar-refractivity contribution in [3.05, 3.63) is 0 Å². The molecule has 5 nitrogen and oxygen atoms in total. The lowest BCUT2D eigenvalue weighted by Crippen LogP contribution is -2.44. The molecule has 0 aromatic carbocycles. The highest BCUT2D eigenvalue weighted by molar-refractivity contribution is 5.73. The topological polar surface area (TPSA) is 64.6 Å². The molecule has 0 heterocycles. The van der Waals surface area contributed by atoms with Crippen LogP contribution in [0.5, 0.6) is 0 Å². The lowest BCUT2D eigenvalue weighted by molar-refractivity contribution is 0.128. The van der Waals surface area contributed by atoms with Crippen LogP contribution in [0, 0.1) is 5.41 Å². The van der Waals surface area contributed by atoms with E-state index >= 15 is 0 Å². The fourth-order valence-corrected chi connectivity index (χ4v) is 1.86. The van der Waals surface area contributed by atoms with Gasteiger partial charge in [-0.2, -0.15) is 0 Å². The Kier molecular flexibility index (Phi) is 8.02. The van der Waals surface area contributed by atoms with Crippen molar-refractivity contribution in [1.82, 2.24) is 15.5 Å². The minimum Gasteiger partial charge on any atom is -0.393 e. The third kappa shape index (κ3) is 9.73. The summed E-state index contributed by atoms with van der Waals surface area (Å²) in [6.45, 7) is 12.1. The monoisotopic (exact) mass is 273 g/mol. The highest BCUT2D eigenvalue weighted by Crippen LogP contribution is 2.20. The highest BCUT2D eigenvalue weighted by Gasteiger charge is 2.20. The molecule has 1 unspecified atom stereocenters. The standard InChI is InChI=1S/C14H31N3O2/c1-11(2)17(6)8-7-15-13(19)16-10-14(4,5)9-12(3)18/h11-12,18H,7-10H2,1-6H3,(H2,15,16,19). The average molecular weight is 273 g/mol. The van der Waals surface area contributed by atoms with Gasteiger partial charge in [-0.15, -0.1) is 0 Å². The molecule has 0 bridgehead atoms. The van der Waals surface area contributed by atoms with Crippen LogP contribution in [-0.4, -0.2) is 54.9 Å².